The molecule has 0 aliphatic carbocycles. The second-order valence-electron chi connectivity index (χ2n) is 4.37. The van der Waals surface area contributed by atoms with Gasteiger partial charge in [-0.15, -0.1) is 22.9 Å². The van der Waals surface area contributed by atoms with Crippen LogP contribution in [0.1, 0.15) is 34.4 Å². The number of alkyl halides is 1. The standard InChI is InChI=1S/C13H15ClN2OS/c1-7-6-18-13(15-7)16-8(2)5-11(10(16)4)12(17)9(3)14/h5-6,9H,1-4H3. The summed E-state index contributed by atoms with van der Waals surface area (Å²) in [5.41, 5.74) is 3.57. The third kappa shape index (κ3) is 2.22. The van der Waals surface area contributed by atoms with Crippen LogP contribution >= 0.6 is 22.9 Å². The zero-order chi connectivity index (χ0) is 13.4. The number of thiazole rings is 1. The van der Waals surface area contributed by atoms with E-state index in [4.69, 9.17) is 11.6 Å². The maximum Gasteiger partial charge on any atom is 0.194 e. The monoisotopic (exact) mass is 282 g/mol. The molecular formula is C13H15ClN2OS. The summed E-state index contributed by atoms with van der Waals surface area (Å²) in [6.07, 6.45) is 0. The van der Waals surface area contributed by atoms with E-state index in [1.54, 1.807) is 18.3 Å². The first kappa shape index (κ1) is 13.3. The Balaban J connectivity index is 2.54. The summed E-state index contributed by atoms with van der Waals surface area (Å²) >= 11 is 7.45. The number of hydrogen-bond acceptors (Lipinski definition) is 3. The molecule has 2 aromatic rings. The lowest BCUT2D eigenvalue weighted by atomic mass is 10.1. The molecule has 0 fully saturated rings. The zero-order valence-corrected chi connectivity index (χ0v) is 12.4. The Bertz CT molecular complexity index is 598. The summed E-state index contributed by atoms with van der Waals surface area (Å²) in [7, 11) is 0. The zero-order valence-electron chi connectivity index (χ0n) is 10.8. The number of Topliss-reactive ketones (excluding diaryl/α,β-unsaturated/α-hetero) is 1. The largest absolute Gasteiger partial charge is 0.294 e. The molecule has 18 heavy (non-hydrogen) atoms. The lowest BCUT2D eigenvalue weighted by Gasteiger charge is -2.06. The van der Waals surface area contributed by atoms with Gasteiger partial charge in [-0.2, -0.15) is 0 Å². The number of ketones is 1. The second-order valence-corrected chi connectivity index (χ2v) is 5.86. The van der Waals surface area contributed by atoms with Gasteiger partial charge in [0.25, 0.3) is 0 Å². The number of aromatic nitrogens is 2. The quantitative estimate of drug-likeness (QED) is 0.636. The molecule has 0 bridgehead atoms. The Labute approximate surface area is 115 Å². The molecule has 0 aliphatic rings. The molecule has 0 aromatic carbocycles. The van der Waals surface area contributed by atoms with Crippen molar-refractivity contribution in [2.45, 2.75) is 33.1 Å². The van der Waals surface area contributed by atoms with Gasteiger partial charge in [-0.25, -0.2) is 4.98 Å². The number of halogens is 1. The minimum absolute atomic E-state index is 0.0377. The van der Waals surface area contributed by atoms with E-state index in [9.17, 15) is 4.79 Å². The molecule has 0 amide bonds. The first-order chi connectivity index (χ1) is 8.41. The van der Waals surface area contributed by atoms with E-state index in [1.165, 1.54) is 0 Å². The van der Waals surface area contributed by atoms with Crippen molar-refractivity contribution in [3.05, 3.63) is 34.1 Å². The molecule has 96 valence electrons. The fourth-order valence-corrected chi connectivity index (χ4v) is 2.99. The molecule has 1 unspecified atom stereocenters. The van der Waals surface area contributed by atoms with Crippen molar-refractivity contribution < 1.29 is 4.79 Å². The molecular weight excluding hydrogens is 268 g/mol. The Morgan fingerprint density at radius 2 is 2.11 bits per heavy atom. The molecule has 0 radical (unpaired) electrons. The number of hydrogen-bond donors (Lipinski definition) is 0. The van der Waals surface area contributed by atoms with Gasteiger partial charge < -0.3 is 0 Å². The van der Waals surface area contributed by atoms with Gasteiger partial charge in [0.2, 0.25) is 0 Å². The van der Waals surface area contributed by atoms with Gasteiger partial charge in [0.1, 0.15) is 0 Å². The van der Waals surface area contributed by atoms with Crippen molar-refractivity contribution in [1.29, 1.82) is 0 Å². The lowest BCUT2D eigenvalue weighted by molar-refractivity contribution is 0.0991. The number of carbonyl (C=O) groups excluding carboxylic acids is 1. The summed E-state index contributed by atoms with van der Waals surface area (Å²) in [5, 5.41) is 2.39. The van der Waals surface area contributed by atoms with Crippen LogP contribution < -0.4 is 0 Å². The molecule has 0 aliphatic heterocycles. The Morgan fingerprint density at radius 3 is 2.61 bits per heavy atom. The third-order valence-electron chi connectivity index (χ3n) is 2.86. The second kappa shape index (κ2) is 4.86. The minimum atomic E-state index is -0.503. The van der Waals surface area contributed by atoms with Gasteiger partial charge in [-0.3, -0.25) is 9.36 Å². The predicted octanol–water partition coefficient (Wildman–Crippen LogP) is 3.67. The highest BCUT2D eigenvalue weighted by Gasteiger charge is 2.20. The van der Waals surface area contributed by atoms with Crippen molar-refractivity contribution in [3.63, 3.8) is 0 Å². The summed E-state index contributed by atoms with van der Waals surface area (Å²) < 4.78 is 2.00. The van der Waals surface area contributed by atoms with Gasteiger partial charge >= 0.3 is 0 Å². The van der Waals surface area contributed by atoms with Crippen LogP contribution in [0.15, 0.2) is 11.4 Å². The van der Waals surface area contributed by atoms with Crippen LogP contribution in [0, 0.1) is 20.8 Å². The number of rotatable bonds is 3. The molecule has 2 aromatic heterocycles. The molecule has 2 rings (SSSR count). The van der Waals surface area contributed by atoms with E-state index >= 15 is 0 Å². The third-order valence-corrected chi connectivity index (χ3v) is 4.00. The predicted molar refractivity (Wildman–Crippen MR) is 75.3 cm³/mol. The fraction of sp³-hybridized carbons (Fsp3) is 0.385. The molecule has 0 saturated heterocycles. The number of carbonyl (C=O) groups is 1. The van der Waals surface area contributed by atoms with E-state index < -0.39 is 5.38 Å². The smallest absolute Gasteiger partial charge is 0.194 e. The highest BCUT2D eigenvalue weighted by Crippen LogP contribution is 2.24. The highest BCUT2D eigenvalue weighted by atomic mass is 35.5. The van der Waals surface area contributed by atoms with E-state index in [0.29, 0.717) is 5.56 Å². The van der Waals surface area contributed by atoms with E-state index in [0.717, 1.165) is 22.2 Å². The van der Waals surface area contributed by atoms with Crippen molar-refractivity contribution in [2.75, 3.05) is 0 Å². The first-order valence-electron chi connectivity index (χ1n) is 5.71. The van der Waals surface area contributed by atoms with Gasteiger partial charge in [0.15, 0.2) is 10.9 Å². The number of nitrogens with zero attached hydrogens (tertiary/aromatic N) is 2. The van der Waals surface area contributed by atoms with E-state index in [-0.39, 0.29) is 5.78 Å². The first-order valence-corrected chi connectivity index (χ1v) is 7.03. The maximum atomic E-state index is 12.0. The molecule has 3 nitrogen and oxygen atoms in total. The molecule has 5 heteroatoms. The topological polar surface area (TPSA) is 34.9 Å². The van der Waals surface area contributed by atoms with Gasteiger partial charge in [0.05, 0.1) is 11.1 Å². The summed E-state index contributed by atoms with van der Waals surface area (Å²) in [4.78, 5) is 16.5. The van der Waals surface area contributed by atoms with Crippen LogP contribution in [0.2, 0.25) is 0 Å². The van der Waals surface area contributed by atoms with Gasteiger partial charge in [-0.1, -0.05) is 0 Å². The molecule has 0 N–H and O–H groups in total. The molecule has 1 atom stereocenters. The van der Waals surface area contributed by atoms with E-state index in [2.05, 4.69) is 4.98 Å². The highest BCUT2D eigenvalue weighted by molar-refractivity contribution is 7.12. The van der Waals surface area contributed by atoms with Crippen molar-refractivity contribution >= 4 is 28.7 Å². The summed E-state index contributed by atoms with van der Waals surface area (Å²) in [6, 6.07) is 1.88. The average molecular weight is 283 g/mol. The van der Waals surface area contributed by atoms with Crippen LogP contribution in [0.4, 0.5) is 0 Å². The van der Waals surface area contributed by atoms with Crippen LogP contribution in [0.3, 0.4) is 0 Å². The maximum absolute atomic E-state index is 12.0. The van der Waals surface area contributed by atoms with Crippen LogP contribution in [0.5, 0.6) is 0 Å². The minimum Gasteiger partial charge on any atom is -0.294 e. The molecule has 2 heterocycles. The normalized spacial score (nSPS) is 12.7. The summed E-state index contributed by atoms with van der Waals surface area (Å²) in [6.45, 7) is 7.56. The fourth-order valence-electron chi connectivity index (χ4n) is 1.97. The van der Waals surface area contributed by atoms with Crippen molar-refractivity contribution in [3.8, 4) is 5.13 Å². The Kier molecular flexibility index (Phi) is 3.59. The Hall–Kier alpha value is -1.13. The van der Waals surface area contributed by atoms with Crippen LogP contribution in [0.25, 0.3) is 5.13 Å². The van der Waals surface area contributed by atoms with E-state index in [1.807, 2.05) is 36.8 Å². The van der Waals surface area contributed by atoms with Crippen LogP contribution in [-0.2, 0) is 0 Å². The number of aryl methyl sites for hydroxylation is 2. The van der Waals surface area contributed by atoms with Crippen molar-refractivity contribution in [1.82, 2.24) is 9.55 Å². The Morgan fingerprint density at radius 1 is 1.44 bits per heavy atom. The van der Waals surface area contributed by atoms with Gasteiger partial charge in [-0.05, 0) is 33.8 Å². The average Bonchev–Trinajstić information content (AvgIpc) is 2.82. The van der Waals surface area contributed by atoms with Gasteiger partial charge in [0, 0.05) is 22.3 Å². The molecule has 0 spiro atoms. The van der Waals surface area contributed by atoms with Crippen LogP contribution in [-0.4, -0.2) is 20.7 Å². The lowest BCUT2D eigenvalue weighted by Crippen LogP contribution is -2.11. The summed E-state index contributed by atoms with van der Waals surface area (Å²) in [5.74, 6) is -0.0377. The molecule has 0 saturated carbocycles. The van der Waals surface area contributed by atoms with Crippen molar-refractivity contribution in [2.24, 2.45) is 0 Å². The SMILES string of the molecule is Cc1csc(-n2c(C)cc(C(=O)C(C)Cl)c2C)n1.